The van der Waals surface area contributed by atoms with Crippen molar-refractivity contribution in [3.05, 3.63) is 36.5 Å². The molecule has 0 aliphatic carbocycles. The molecule has 0 unspecified atom stereocenters. The fraction of sp³-hybridized carbons (Fsp3) is 0.588. The summed E-state index contributed by atoms with van der Waals surface area (Å²) in [6.07, 6.45) is 4.72. The van der Waals surface area contributed by atoms with Gasteiger partial charge in [-0.15, -0.1) is 0 Å². The van der Waals surface area contributed by atoms with Crippen molar-refractivity contribution < 1.29 is 0 Å². The molecule has 0 aromatic carbocycles. The molecule has 3 heterocycles. The van der Waals surface area contributed by atoms with Crippen LogP contribution in [0.15, 0.2) is 30.7 Å². The fourth-order valence-electron chi connectivity index (χ4n) is 3.05. The molecule has 0 radical (unpaired) electrons. The van der Waals surface area contributed by atoms with Gasteiger partial charge in [0.2, 0.25) is 0 Å². The van der Waals surface area contributed by atoms with Crippen LogP contribution in [0.1, 0.15) is 26.1 Å². The van der Waals surface area contributed by atoms with E-state index >= 15 is 0 Å². The van der Waals surface area contributed by atoms with Gasteiger partial charge >= 0.3 is 0 Å². The molecule has 1 fully saturated rings. The van der Waals surface area contributed by atoms with Crippen molar-refractivity contribution in [2.24, 2.45) is 11.8 Å². The van der Waals surface area contributed by atoms with Crippen LogP contribution in [-0.4, -0.2) is 44.3 Å². The van der Waals surface area contributed by atoms with Crippen molar-refractivity contribution in [1.29, 1.82) is 0 Å². The Morgan fingerprint density at radius 3 is 3.00 bits per heavy atom. The SMILES string of the molecule is CC(C)Cn1ncnc1CN1CC[C@H](CNc2ccccn2)C1. The zero-order chi connectivity index (χ0) is 16.1. The number of nitrogens with zero attached hydrogens (tertiary/aromatic N) is 5. The maximum atomic E-state index is 4.44. The first-order valence-electron chi connectivity index (χ1n) is 8.44. The van der Waals surface area contributed by atoms with Gasteiger partial charge in [-0.25, -0.2) is 14.6 Å². The van der Waals surface area contributed by atoms with Gasteiger partial charge in [0.15, 0.2) is 0 Å². The first-order valence-corrected chi connectivity index (χ1v) is 8.44. The summed E-state index contributed by atoms with van der Waals surface area (Å²) in [5.41, 5.74) is 0. The zero-order valence-electron chi connectivity index (χ0n) is 14.0. The van der Waals surface area contributed by atoms with E-state index in [0.29, 0.717) is 11.8 Å². The van der Waals surface area contributed by atoms with Crippen LogP contribution < -0.4 is 5.32 Å². The molecule has 0 saturated carbocycles. The Morgan fingerprint density at radius 1 is 1.30 bits per heavy atom. The molecule has 124 valence electrons. The summed E-state index contributed by atoms with van der Waals surface area (Å²) in [6.45, 7) is 9.46. The van der Waals surface area contributed by atoms with Gasteiger partial charge in [0.25, 0.3) is 0 Å². The summed E-state index contributed by atoms with van der Waals surface area (Å²) >= 11 is 0. The Hall–Kier alpha value is -1.95. The number of aromatic nitrogens is 4. The molecular weight excluding hydrogens is 288 g/mol. The van der Waals surface area contributed by atoms with Crippen LogP contribution in [0.4, 0.5) is 5.82 Å². The van der Waals surface area contributed by atoms with Gasteiger partial charge in [0, 0.05) is 25.8 Å². The van der Waals surface area contributed by atoms with Gasteiger partial charge in [-0.05, 0) is 36.9 Å². The van der Waals surface area contributed by atoms with Crippen LogP contribution >= 0.6 is 0 Å². The summed E-state index contributed by atoms with van der Waals surface area (Å²) < 4.78 is 2.05. The Labute approximate surface area is 137 Å². The van der Waals surface area contributed by atoms with Crippen LogP contribution in [0.3, 0.4) is 0 Å². The fourth-order valence-corrected chi connectivity index (χ4v) is 3.05. The molecule has 2 aromatic heterocycles. The third-order valence-electron chi connectivity index (χ3n) is 4.21. The Bertz CT molecular complexity index is 594. The normalized spacial score (nSPS) is 18.7. The molecule has 6 heteroatoms. The Kier molecular flexibility index (Phi) is 5.23. The van der Waals surface area contributed by atoms with Crippen molar-refractivity contribution in [3.8, 4) is 0 Å². The molecule has 0 amide bonds. The lowest BCUT2D eigenvalue weighted by atomic mass is 10.1. The molecule has 23 heavy (non-hydrogen) atoms. The van der Waals surface area contributed by atoms with Gasteiger partial charge in [-0.1, -0.05) is 19.9 Å². The van der Waals surface area contributed by atoms with Gasteiger partial charge in [-0.2, -0.15) is 5.10 Å². The maximum Gasteiger partial charge on any atom is 0.141 e. The van der Waals surface area contributed by atoms with Gasteiger partial charge in [0.1, 0.15) is 18.0 Å². The zero-order valence-corrected chi connectivity index (χ0v) is 14.0. The van der Waals surface area contributed by atoms with Crippen molar-refractivity contribution in [2.45, 2.75) is 33.4 Å². The second kappa shape index (κ2) is 7.55. The van der Waals surface area contributed by atoms with E-state index in [1.807, 2.05) is 29.1 Å². The molecule has 1 atom stereocenters. The number of rotatable bonds is 7. The van der Waals surface area contributed by atoms with E-state index in [1.165, 1.54) is 6.42 Å². The Balaban J connectivity index is 1.47. The lowest BCUT2D eigenvalue weighted by molar-refractivity contribution is 0.298. The van der Waals surface area contributed by atoms with Crippen LogP contribution in [0.25, 0.3) is 0 Å². The number of nitrogens with one attached hydrogen (secondary N) is 1. The summed E-state index contributed by atoms with van der Waals surface area (Å²) in [5.74, 6) is 3.29. The van der Waals surface area contributed by atoms with Crippen LogP contribution in [0.2, 0.25) is 0 Å². The molecule has 1 N–H and O–H groups in total. The van der Waals surface area contributed by atoms with E-state index in [-0.39, 0.29) is 0 Å². The second-order valence-electron chi connectivity index (χ2n) is 6.74. The third kappa shape index (κ3) is 4.51. The standard InChI is InChI=1S/C17H26N6/c1-14(2)10-23-17(20-13-21-23)12-22-8-6-15(11-22)9-19-16-5-3-4-7-18-16/h3-5,7,13-15H,6,8-12H2,1-2H3,(H,18,19)/t15-/m1/s1. The summed E-state index contributed by atoms with van der Waals surface area (Å²) in [6, 6.07) is 5.97. The van der Waals surface area contributed by atoms with Gasteiger partial charge in [0.05, 0.1) is 6.54 Å². The molecule has 6 nitrogen and oxygen atoms in total. The highest BCUT2D eigenvalue weighted by Crippen LogP contribution is 2.18. The first-order chi connectivity index (χ1) is 11.2. The molecule has 1 aliphatic heterocycles. The van der Waals surface area contributed by atoms with Crippen molar-refractivity contribution in [3.63, 3.8) is 0 Å². The summed E-state index contributed by atoms with van der Waals surface area (Å²) in [7, 11) is 0. The van der Waals surface area contributed by atoms with Crippen LogP contribution in [-0.2, 0) is 13.1 Å². The van der Waals surface area contributed by atoms with E-state index in [4.69, 9.17) is 0 Å². The smallest absolute Gasteiger partial charge is 0.141 e. The monoisotopic (exact) mass is 314 g/mol. The van der Waals surface area contributed by atoms with Crippen molar-refractivity contribution >= 4 is 5.82 Å². The van der Waals surface area contributed by atoms with E-state index in [1.54, 1.807) is 6.33 Å². The van der Waals surface area contributed by atoms with Crippen LogP contribution in [0.5, 0.6) is 0 Å². The lowest BCUT2D eigenvalue weighted by Crippen LogP contribution is -2.25. The largest absolute Gasteiger partial charge is 0.370 e. The highest BCUT2D eigenvalue weighted by Gasteiger charge is 2.23. The van der Waals surface area contributed by atoms with E-state index in [0.717, 1.165) is 44.4 Å². The predicted molar refractivity (Wildman–Crippen MR) is 91.0 cm³/mol. The highest BCUT2D eigenvalue weighted by atomic mass is 15.3. The number of likely N-dealkylation sites (tertiary alicyclic amines) is 1. The first kappa shape index (κ1) is 15.9. The lowest BCUT2D eigenvalue weighted by Gasteiger charge is -2.17. The predicted octanol–water partition coefficient (Wildman–Crippen LogP) is 2.26. The molecular formula is C17H26N6. The molecule has 3 rings (SSSR count). The summed E-state index contributed by atoms with van der Waals surface area (Å²) in [4.78, 5) is 11.2. The minimum Gasteiger partial charge on any atom is -0.370 e. The van der Waals surface area contributed by atoms with Gasteiger partial charge < -0.3 is 5.32 Å². The molecule has 0 spiro atoms. The van der Waals surface area contributed by atoms with E-state index < -0.39 is 0 Å². The number of hydrogen-bond donors (Lipinski definition) is 1. The van der Waals surface area contributed by atoms with E-state index in [2.05, 4.69) is 39.1 Å². The average molecular weight is 314 g/mol. The highest BCUT2D eigenvalue weighted by molar-refractivity contribution is 5.33. The molecule has 2 aromatic rings. The summed E-state index contributed by atoms with van der Waals surface area (Å²) in [5, 5.41) is 7.78. The minimum absolute atomic E-state index is 0.587. The Morgan fingerprint density at radius 2 is 2.22 bits per heavy atom. The molecule has 0 bridgehead atoms. The minimum atomic E-state index is 0.587. The third-order valence-corrected chi connectivity index (χ3v) is 4.21. The second-order valence-corrected chi connectivity index (χ2v) is 6.74. The topological polar surface area (TPSA) is 58.9 Å². The van der Waals surface area contributed by atoms with Crippen LogP contribution in [0, 0.1) is 11.8 Å². The number of anilines is 1. The number of hydrogen-bond acceptors (Lipinski definition) is 5. The maximum absolute atomic E-state index is 4.44. The van der Waals surface area contributed by atoms with E-state index in [9.17, 15) is 0 Å². The number of pyridine rings is 1. The van der Waals surface area contributed by atoms with Crippen molar-refractivity contribution in [2.75, 3.05) is 25.0 Å². The van der Waals surface area contributed by atoms with Crippen molar-refractivity contribution in [1.82, 2.24) is 24.6 Å². The average Bonchev–Trinajstić information content (AvgIpc) is 3.16. The van der Waals surface area contributed by atoms with Gasteiger partial charge in [-0.3, -0.25) is 4.90 Å². The quantitative estimate of drug-likeness (QED) is 0.849. The molecule has 1 aliphatic rings. The molecule has 1 saturated heterocycles.